The lowest BCUT2D eigenvalue weighted by Crippen LogP contribution is -2.38. The summed E-state index contributed by atoms with van der Waals surface area (Å²) in [7, 11) is 0. The molecular weight excluding hydrogens is 342 g/mol. The minimum absolute atomic E-state index is 0.0191. The molecule has 0 saturated carbocycles. The summed E-state index contributed by atoms with van der Waals surface area (Å²) in [6.45, 7) is 4.85. The lowest BCUT2D eigenvalue weighted by atomic mass is 10.2. The Balaban J connectivity index is 1.58. The molecule has 8 heteroatoms. The highest BCUT2D eigenvalue weighted by atomic mass is 32.2. The first-order valence-electron chi connectivity index (χ1n) is 7.74. The second-order valence-electron chi connectivity index (χ2n) is 5.48. The average Bonchev–Trinajstić information content (AvgIpc) is 3.20. The maximum atomic E-state index is 12.3. The molecule has 3 aromatic heterocycles. The van der Waals surface area contributed by atoms with Crippen molar-refractivity contribution in [2.24, 2.45) is 0 Å². The molecule has 0 spiro atoms. The highest BCUT2D eigenvalue weighted by molar-refractivity contribution is 8.00. The van der Waals surface area contributed by atoms with E-state index in [0.29, 0.717) is 5.75 Å². The molecule has 3 rings (SSSR count). The standard InChI is InChI=1S/C16H19N5OS2/c1-3-12(7-21-5-4-17-10-21)20-14(22)8-23-15-13-6-11(2)24-16(13)19-9-18-15/h4-6,9-10,12H,3,7-8H2,1-2H3,(H,20,22)/t12-/m0/s1. The third-order valence-electron chi connectivity index (χ3n) is 3.60. The highest BCUT2D eigenvalue weighted by Gasteiger charge is 2.13. The molecule has 0 unspecified atom stereocenters. The van der Waals surface area contributed by atoms with Gasteiger partial charge in [-0.1, -0.05) is 18.7 Å². The Bertz CT molecular complexity index is 815. The van der Waals surface area contributed by atoms with Crippen LogP contribution in [0, 0.1) is 6.92 Å². The molecule has 126 valence electrons. The number of rotatable bonds is 7. The maximum Gasteiger partial charge on any atom is 0.230 e. The van der Waals surface area contributed by atoms with E-state index in [0.717, 1.165) is 28.2 Å². The van der Waals surface area contributed by atoms with Crippen LogP contribution in [0.3, 0.4) is 0 Å². The molecule has 6 nitrogen and oxygen atoms in total. The smallest absolute Gasteiger partial charge is 0.230 e. The van der Waals surface area contributed by atoms with Gasteiger partial charge in [-0.15, -0.1) is 11.3 Å². The van der Waals surface area contributed by atoms with Crippen LogP contribution in [-0.4, -0.2) is 37.2 Å². The zero-order chi connectivity index (χ0) is 16.9. The molecule has 0 saturated heterocycles. The van der Waals surface area contributed by atoms with Gasteiger partial charge in [0.15, 0.2) is 0 Å². The molecule has 0 aliphatic carbocycles. The van der Waals surface area contributed by atoms with Crippen LogP contribution in [0.2, 0.25) is 0 Å². The molecule has 1 atom stereocenters. The summed E-state index contributed by atoms with van der Waals surface area (Å²) in [6, 6.07) is 2.18. The Morgan fingerprint density at radius 2 is 2.33 bits per heavy atom. The maximum absolute atomic E-state index is 12.3. The van der Waals surface area contributed by atoms with Gasteiger partial charge in [-0.05, 0) is 19.4 Å². The molecular formula is C16H19N5OS2. The van der Waals surface area contributed by atoms with Gasteiger partial charge in [0.1, 0.15) is 16.2 Å². The molecule has 0 aromatic carbocycles. The first kappa shape index (κ1) is 16.9. The van der Waals surface area contributed by atoms with E-state index in [1.807, 2.05) is 10.8 Å². The molecule has 1 N–H and O–H groups in total. The van der Waals surface area contributed by atoms with Gasteiger partial charge in [0.2, 0.25) is 5.91 Å². The summed E-state index contributed by atoms with van der Waals surface area (Å²) in [5.74, 6) is 0.368. The van der Waals surface area contributed by atoms with Gasteiger partial charge in [0.05, 0.1) is 12.1 Å². The number of aromatic nitrogens is 4. The SMILES string of the molecule is CC[C@@H](Cn1ccnc1)NC(=O)CSc1ncnc2sc(C)cc12. The van der Waals surface area contributed by atoms with Crippen molar-refractivity contribution in [1.82, 2.24) is 24.8 Å². The van der Waals surface area contributed by atoms with E-state index < -0.39 is 0 Å². The van der Waals surface area contributed by atoms with E-state index in [2.05, 4.69) is 40.2 Å². The summed E-state index contributed by atoms with van der Waals surface area (Å²) in [6.07, 6.45) is 7.84. The number of carbonyl (C=O) groups is 1. The molecule has 1 amide bonds. The summed E-state index contributed by atoms with van der Waals surface area (Å²) in [5, 5.41) is 4.97. The Morgan fingerprint density at radius 1 is 1.46 bits per heavy atom. The van der Waals surface area contributed by atoms with Crippen molar-refractivity contribution in [3.63, 3.8) is 0 Å². The van der Waals surface area contributed by atoms with Crippen molar-refractivity contribution in [1.29, 1.82) is 0 Å². The van der Waals surface area contributed by atoms with Crippen molar-refractivity contribution in [3.05, 3.63) is 36.0 Å². The van der Waals surface area contributed by atoms with Crippen LogP contribution in [0.4, 0.5) is 0 Å². The molecule has 24 heavy (non-hydrogen) atoms. The second-order valence-corrected chi connectivity index (χ2v) is 7.67. The van der Waals surface area contributed by atoms with Crippen LogP contribution < -0.4 is 5.32 Å². The van der Waals surface area contributed by atoms with Crippen molar-refractivity contribution in [3.8, 4) is 0 Å². The number of amides is 1. The fourth-order valence-corrected chi connectivity index (χ4v) is 4.09. The number of thiophene rings is 1. The molecule has 0 aliphatic rings. The zero-order valence-electron chi connectivity index (χ0n) is 13.6. The third kappa shape index (κ3) is 4.12. The molecule has 0 aliphatic heterocycles. The third-order valence-corrected chi connectivity index (χ3v) is 5.57. The summed E-state index contributed by atoms with van der Waals surface area (Å²) < 4.78 is 1.98. The molecule has 3 heterocycles. The Kier molecular flexibility index (Phi) is 5.47. The highest BCUT2D eigenvalue weighted by Crippen LogP contribution is 2.30. The lowest BCUT2D eigenvalue weighted by molar-refractivity contribution is -0.119. The normalized spacial score (nSPS) is 12.4. The van der Waals surface area contributed by atoms with E-state index in [4.69, 9.17) is 0 Å². The number of hydrogen-bond acceptors (Lipinski definition) is 6. The minimum Gasteiger partial charge on any atom is -0.351 e. The molecule has 0 bridgehead atoms. The topological polar surface area (TPSA) is 72.7 Å². The van der Waals surface area contributed by atoms with E-state index in [1.54, 1.807) is 30.2 Å². The molecule has 0 fully saturated rings. The van der Waals surface area contributed by atoms with Gasteiger partial charge in [-0.25, -0.2) is 15.0 Å². The van der Waals surface area contributed by atoms with Crippen molar-refractivity contribution >= 4 is 39.2 Å². The van der Waals surface area contributed by atoms with Gasteiger partial charge in [-0.2, -0.15) is 0 Å². The van der Waals surface area contributed by atoms with Crippen LogP contribution in [0.25, 0.3) is 10.2 Å². The fourth-order valence-electron chi connectivity index (χ4n) is 2.40. The first-order chi connectivity index (χ1) is 11.7. The summed E-state index contributed by atoms with van der Waals surface area (Å²) in [5.41, 5.74) is 0. The van der Waals surface area contributed by atoms with Gasteiger partial charge < -0.3 is 9.88 Å². The number of imidazole rings is 1. The predicted molar refractivity (Wildman–Crippen MR) is 97.3 cm³/mol. The fraction of sp³-hybridized carbons (Fsp3) is 0.375. The van der Waals surface area contributed by atoms with Crippen LogP contribution >= 0.6 is 23.1 Å². The lowest BCUT2D eigenvalue weighted by Gasteiger charge is -2.17. The van der Waals surface area contributed by atoms with Crippen LogP contribution in [-0.2, 0) is 11.3 Å². The summed E-state index contributed by atoms with van der Waals surface area (Å²) in [4.78, 5) is 27.0. The van der Waals surface area contributed by atoms with E-state index in [9.17, 15) is 4.79 Å². The molecule has 3 aromatic rings. The van der Waals surface area contributed by atoms with Crippen LogP contribution in [0.15, 0.2) is 36.1 Å². The quantitative estimate of drug-likeness (QED) is 0.517. The number of thioether (sulfide) groups is 1. The van der Waals surface area contributed by atoms with E-state index in [-0.39, 0.29) is 11.9 Å². The predicted octanol–water partition coefficient (Wildman–Crippen LogP) is 2.88. The van der Waals surface area contributed by atoms with Crippen LogP contribution in [0.5, 0.6) is 0 Å². The molecule has 0 radical (unpaired) electrons. The average molecular weight is 361 g/mol. The largest absolute Gasteiger partial charge is 0.351 e. The number of fused-ring (bicyclic) bond motifs is 1. The Morgan fingerprint density at radius 3 is 3.08 bits per heavy atom. The van der Waals surface area contributed by atoms with E-state index >= 15 is 0 Å². The van der Waals surface area contributed by atoms with Gasteiger partial charge in [-0.3, -0.25) is 4.79 Å². The van der Waals surface area contributed by atoms with Crippen molar-refractivity contribution < 1.29 is 4.79 Å². The van der Waals surface area contributed by atoms with Gasteiger partial charge in [0, 0.05) is 35.2 Å². The Hall–Kier alpha value is -1.93. The number of carbonyl (C=O) groups excluding carboxylic acids is 1. The first-order valence-corrected chi connectivity index (χ1v) is 9.55. The van der Waals surface area contributed by atoms with Crippen molar-refractivity contribution in [2.45, 2.75) is 37.9 Å². The number of nitrogens with zero attached hydrogens (tertiary/aromatic N) is 4. The number of hydrogen-bond donors (Lipinski definition) is 1. The second kappa shape index (κ2) is 7.76. The minimum atomic E-state index is 0.0191. The number of nitrogens with one attached hydrogen (secondary N) is 1. The Labute approximate surface area is 148 Å². The monoisotopic (exact) mass is 361 g/mol. The van der Waals surface area contributed by atoms with Gasteiger partial charge in [0.25, 0.3) is 0 Å². The van der Waals surface area contributed by atoms with Crippen molar-refractivity contribution in [2.75, 3.05) is 5.75 Å². The number of aryl methyl sites for hydroxylation is 1. The van der Waals surface area contributed by atoms with Gasteiger partial charge >= 0.3 is 0 Å². The van der Waals surface area contributed by atoms with Crippen LogP contribution in [0.1, 0.15) is 18.2 Å². The van der Waals surface area contributed by atoms with E-state index in [1.165, 1.54) is 16.6 Å². The zero-order valence-corrected chi connectivity index (χ0v) is 15.2. The summed E-state index contributed by atoms with van der Waals surface area (Å²) >= 11 is 3.10.